The highest BCUT2D eigenvalue weighted by molar-refractivity contribution is 7.99. The summed E-state index contributed by atoms with van der Waals surface area (Å²) in [5, 5.41) is 10.6. The standard InChI is InChI=1S/C21H24O4S/c1-12(2)9-16(22)15-6-8-18-19(20(15)24-4)21(23)25-11-14-10-13(3)5-7-17(14)26-18/h5-8,10,12,16,22H,9,11H2,1-4H3. The number of cyclic esters (lactones) is 1. The van der Waals surface area contributed by atoms with Crippen LogP contribution in [0.15, 0.2) is 40.1 Å². The van der Waals surface area contributed by atoms with Gasteiger partial charge in [0.05, 0.1) is 13.2 Å². The minimum Gasteiger partial charge on any atom is -0.495 e. The Morgan fingerprint density at radius 3 is 2.65 bits per heavy atom. The molecule has 138 valence electrons. The van der Waals surface area contributed by atoms with Crippen LogP contribution in [-0.4, -0.2) is 18.2 Å². The molecular formula is C21H24O4S. The normalized spacial score (nSPS) is 14.8. The van der Waals surface area contributed by atoms with Crippen LogP contribution < -0.4 is 4.74 Å². The van der Waals surface area contributed by atoms with E-state index in [1.807, 2.05) is 51.1 Å². The molecule has 1 aliphatic heterocycles. The van der Waals surface area contributed by atoms with Crippen LogP contribution in [0.4, 0.5) is 0 Å². The van der Waals surface area contributed by atoms with Crippen LogP contribution in [0.1, 0.15) is 53.4 Å². The molecule has 0 aromatic heterocycles. The van der Waals surface area contributed by atoms with Gasteiger partial charge in [0.2, 0.25) is 0 Å². The maximum atomic E-state index is 12.7. The van der Waals surface area contributed by atoms with Crippen molar-refractivity contribution in [3.8, 4) is 5.75 Å². The van der Waals surface area contributed by atoms with Crippen molar-refractivity contribution >= 4 is 17.7 Å². The summed E-state index contributed by atoms with van der Waals surface area (Å²) in [6.45, 7) is 6.34. The molecule has 1 unspecified atom stereocenters. The van der Waals surface area contributed by atoms with E-state index in [2.05, 4.69) is 0 Å². The summed E-state index contributed by atoms with van der Waals surface area (Å²) in [5.41, 5.74) is 3.15. The van der Waals surface area contributed by atoms with E-state index in [0.29, 0.717) is 29.2 Å². The van der Waals surface area contributed by atoms with Gasteiger partial charge in [0.25, 0.3) is 0 Å². The third-order valence-corrected chi connectivity index (χ3v) is 5.58. The molecule has 0 radical (unpaired) electrons. The highest BCUT2D eigenvalue weighted by Crippen LogP contribution is 2.42. The van der Waals surface area contributed by atoms with Crippen LogP contribution in [0.3, 0.4) is 0 Å². The Labute approximate surface area is 158 Å². The van der Waals surface area contributed by atoms with Crippen molar-refractivity contribution in [3.63, 3.8) is 0 Å². The van der Waals surface area contributed by atoms with Crippen molar-refractivity contribution in [1.82, 2.24) is 0 Å². The van der Waals surface area contributed by atoms with Crippen LogP contribution in [0.5, 0.6) is 5.75 Å². The molecule has 1 N–H and O–H groups in total. The summed E-state index contributed by atoms with van der Waals surface area (Å²) >= 11 is 1.53. The molecule has 5 heteroatoms. The fourth-order valence-electron chi connectivity index (χ4n) is 3.17. The topological polar surface area (TPSA) is 55.8 Å². The Bertz CT molecular complexity index is 829. The van der Waals surface area contributed by atoms with Crippen LogP contribution in [0.25, 0.3) is 0 Å². The largest absolute Gasteiger partial charge is 0.495 e. The van der Waals surface area contributed by atoms with Gasteiger partial charge in [-0.15, -0.1) is 0 Å². The van der Waals surface area contributed by atoms with Gasteiger partial charge in [0, 0.05) is 20.9 Å². The SMILES string of the molecule is COc1c(C(O)CC(C)C)ccc2c1C(=O)OCc1cc(C)ccc1S2. The number of methoxy groups -OCH3 is 1. The molecule has 0 spiro atoms. The zero-order valence-electron chi connectivity index (χ0n) is 15.5. The lowest BCUT2D eigenvalue weighted by molar-refractivity contribution is 0.0459. The summed E-state index contributed by atoms with van der Waals surface area (Å²) in [4.78, 5) is 14.6. The molecule has 3 rings (SSSR count). The van der Waals surface area contributed by atoms with Crippen LogP contribution in [0, 0.1) is 12.8 Å². The summed E-state index contributed by atoms with van der Waals surface area (Å²) < 4.78 is 11.1. The number of hydrogen-bond donors (Lipinski definition) is 1. The molecule has 1 heterocycles. The van der Waals surface area contributed by atoms with Gasteiger partial charge in [0.15, 0.2) is 0 Å². The fourth-order valence-corrected chi connectivity index (χ4v) is 4.21. The molecule has 26 heavy (non-hydrogen) atoms. The number of carbonyl (C=O) groups excluding carboxylic acids is 1. The van der Waals surface area contributed by atoms with Crippen molar-refractivity contribution in [2.75, 3.05) is 7.11 Å². The average Bonchev–Trinajstić information content (AvgIpc) is 2.59. The van der Waals surface area contributed by atoms with E-state index in [0.717, 1.165) is 20.9 Å². The Kier molecular flexibility index (Phi) is 5.58. The number of aliphatic hydroxyl groups excluding tert-OH is 1. The highest BCUT2D eigenvalue weighted by atomic mass is 32.2. The lowest BCUT2D eigenvalue weighted by Crippen LogP contribution is -2.14. The molecule has 0 amide bonds. The number of esters is 1. The van der Waals surface area contributed by atoms with E-state index in [1.54, 1.807) is 0 Å². The summed E-state index contributed by atoms with van der Waals surface area (Å²) in [6.07, 6.45) is -0.0900. The zero-order chi connectivity index (χ0) is 18.8. The second kappa shape index (κ2) is 7.72. The minimum atomic E-state index is -0.687. The number of aliphatic hydroxyl groups is 1. The van der Waals surface area contributed by atoms with Crippen molar-refractivity contribution in [2.24, 2.45) is 5.92 Å². The van der Waals surface area contributed by atoms with Crippen molar-refractivity contribution in [1.29, 1.82) is 0 Å². The fraction of sp³-hybridized carbons (Fsp3) is 0.381. The maximum Gasteiger partial charge on any atom is 0.343 e. The number of aryl methyl sites for hydroxylation is 1. The van der Waals surface area contributed by atoms with E-state index < -0.39 is 12.1 Å². The Balaban J connectivity index is 2.09. The van der Waals surface area contributed by atoms with E-state index in [1.165, 1.54) is 18.9 Å². The molecule has 0 saturated heterocycles. The van der Waals surface area contributed by atoms with E-state index in [-0.39, 0.29) is 6.61 Å². The number of fused-ring (bicyclic) bond motifs is 2. The van der Waals surface area contributed by atoms with Gasteiger partial charge in [-0.1, -0.05) is 49.4 Å². The minimum absolute atomic E-state index is 0.226. The summed E-state index contributed by atoms with van der Waals surface area (Å²) in [5.74, 6) is 0.312. The smallest absolute Gasteiger partial charge is 0.343 e. The molecule has 2 aromatic rings. The van der Waals surface area contributed by atoms with Crippen LogP contribution in [-0.2, 0) is 11.3 Å². The quantitative estimate of drug-likeness (QED) is 0.773. The second-order valence-corrected chi connectivity index (χ2v) is 8.08. The van der Waals surface area contributed by atoms with E-state index in [9.17, 15) is 9.90 Å². The van der Waals surface area contributed by atoms with Crippen molar-refractivity contribution in [2.45, 2.75) is 49.7 Å². The first-order valence-electron chi connectivity index (χ1n) is 8.74. The molecule has 0 aliphatic carbocycles. The first-order valence-corrected chi connectivity index (χ1v) is 9.55. The molecule has 0 bridgehead atoms. The second-order valence-electron chi connectivity index (χ2n) is 7.00. The molecule has 4 nitrogen and oxygen atoms in total. The average molecular weight is 372 g/mol. The predicted octanol–water partition coefficient (Wildman–Crippen LogP) is 4.90. The Morgan fingerprint density at radius 1 is 1.23 bits per heavy atom. The highest BCUT2D eigenvalue weighted by Gasteiger charge is 2.28. The molecule has 0 saturated carbocycles. The van der Waals surface area contributed by atoms with Gasteiger partial charge in [-0.05, 0) is 31.4 Å². The third-order valence-electron chi connectivity index (χ3n) is 4.41. The predicted molar refractivity (Wildman–Crippen MR) is 102 cm³/mol. The zero-order valence-corrected chi connectivity index (χ0v) is 16.4. The number of rotatable bonds is 4. The van der Waals surface area contributed by atoms with Gasteiger partial charge >= 0.3 is 5.97 Å². The van der Waals surface area contributed by atoms with Crippen LogP contribution in [0.2, 0.25) is 0 Å². The van der Waals surface area contributed by atoms with Gasteiger partial charge in [0.1, 0.15) is 17.9 Å². The van der Waals surface area contributed by atoms with Gasteiger partial charge < -0.3 is 14.6 Å². The Morgan fingerprint density at radius 2 is 1.96 bits per heavy atom. The summed E-state index contributed by atoms with van der Waals surface area (Å²) in [6, 6.07) is 9.86. The molecular weight excluding hydrogens is 348 g/mol. The van der Waals surface area contributed by atoms with Crippen molar-refractivity contribution < 1.29 is 19.4 Å². The van der Waals surface area contributed by atoms with Gasteiger partial charge in [-0.3, -0.25) is 0 Å². The maximum absolute atomic E-state index is 12.7. The molecule has 2 aromatic carbocycles. The first kappa shape index (κ1) is 18.8. The number of benzene rings is 2. The third kappa shape index (κ3) is 3.74. The van der Waals surface area contributed by atoms with E-state index in [4.69, 9.17) is 9.47 Å². The first-order chi connectivity index (χ1) is 12.4. The lowest BCUT2D eigenvalue weighted by atomic mass is 9.97. The number of carbonyl (C=O) groups is 1. The monoisotopic (exact) mass is 372 g/mol. The molecule has 1 aliphatic rings. The van der Waals surface area contributed by atoms with Crippen molar-refractivity contribution in [3.05, 3.63) is 52.6 Å². The Hall–Kier alpha value is -1.98. The van der Waals surface area contributed by atoms with Gasteiger partial charge in [-0.25, -0.2) is 4.79 Å². The number of hydrogen-bond acceptors (Lipinski definition) is 5. The number of ether oxygens (including phenoxy) is 2. The van der Waals surface area contributed by atoms with Crippen LogP contribution >= 0.6 is 11.8 Å². The lowest BCUT2D eigenvalue weighted by Gasteiger charge is -2.22. The van der Waals surface area contributed by atoms with E-state index >= 15 is 0 Å². The molecule has 1 atom stereocenters. The van der Waals surface area contributed by atoms with Gasteiger partial charge in [-0.2, -0.15) is 0 Å². The summed E-state index contributed by atoms with van der Waals surface area (Å²) in [7, 11) is 1.52. The molecule has 0 fully saturated rings.